The summed E-state index contributed by atoms with van der Waals surface area (Å²) in [6.45, 7) is 0.594. The molecule has 2 aromatic rings. The second-order valence-electron chi connectivity index (χ2n) is 7.94. The molecule has 1 aliphatic carbocycles. The van der Waals surface area contributed by atoms with E-state index in [-0.39, 0.29) is 24.4 Å². The van der Waals surface area contributed by atoms with Gasteiger partial charge in [0, 0.05) is 12.2 Å². The lowest BCUT2D eigenvalue weighted by molar-refractivity contribution is -0.117. The number of rotatable bonds is 5. The molecule has 1 aromatic carbocycles. The number of hydrogen-bond acceptors (Lipinski definition) is 5. The summed E-state index contributed by atoms with van der Waals surface area (Å²) in [6, 6.07) is 9.59. The SMILES string of the molecule is COc1ccc(CN2C(=O)CNc3ncc(C(=O)NC4CCCCCC4)cc32)cc1. The van der Waals surface area contributed by atoms with Crippen molar-refractivity contribution in [1.29, 1.82) is 0 Å². The van der Waals surface area contributed by atoms with Gasteiger partial charge in [0.2, 0.25) is 5.91 Å². The third kappa shape index (κ3) is 4.56. The molecule has 2 amide bonds. The van der Waals surface area contributed by atoms with Crippen molar-refractivity contribution in [1.82, 2.24) is 10.3 Å². The molecule has 0 atom stereocenters. The summed E-state index contributed by atoms with van der Waals surface area (Å²) in [5, 5.41) is 6.20. The Hall–Kier alpha value is -3.09. The lowest BCUT2D eigenvalue weighted by Crippen LogP contribution is -2.40. The number of ether oxygens (including phenoxy) is 1. The maximum atomic E-state index is 12.8. The van der Waals surface area contributed by atoms with E-state index in [1.165, 1.54) is 12.8 Å². The van der Waals surface area contributed by atoms with E-state index < -0.39 is 0 Å². The number of fused-ring (bicyclic) bond motifs is 1. The van der Waals surface area contributed by atoms with E-state index in [9.17, 15) is 9.59 Å². The molecule has 1 aliphatic heterocycles. The topological polar surface area (TPSA) is 83.6 Å². The summed E-state index contributed by atoms with van der Waals surface area (Å²) in [6.07, 6.45) is 8.41. The molecule has 7 nitrogen and oxygen atoms in total. The van der Waals surface area contributed by atoms with Crippen LogP contribution in [0.5, 0.6) is 5.75 Å². The molecular formula is C23H28N4O3. The molecule has 0 bridgehead atoms. The van der Waals surface area contributed by atoms with Crippen molar-refractivity contribution in [3.05, 3.63) is 47.7 Å². The maximum absolute atomic E-state index is 12.8. The summed E-state index contributed by atoms with van der Waals surface area (Å²) in [5.41, 5.74) is 2.09. The zero-order chi connectivity index (χ0) is 20.9. The Morgan fingerprint density at radius 1 is 1.20 bits per heavy atom. The first-order valence-electron chi connectivity index (χ1n) is 10.6. The van der Waals surface area contributed by atoms with Gasteiger partial charge in [0.25, 0.3) is 5.91 Å². The summed E-state index contributed by atoms with van der Waals surface area (Å²) in [4.78, 5) is 31.6. The number of pyridine rings is 1. The van der Waals surface area contributed by atoms with Gasteiger partial charge in [-0.25, -0.2) is 4.98 Å². The van der Waals surface area contributed by atoms with Crippen LogP contribution >= 0.6 is 0 Å². The predicted molar refractivity (Wildman–Crippen MR) is 116 cm³/mol. The van der Waals surface area contributed by atoms with Gasteiger partial charge in [0.15, 0.2) is 5.82 Å². The number of nitrogens with one attached hydrogen (secondary N) is 2. The van der Waals surface area contributed by atoms with Crippen LogP contribution in [0.25, 0.3) is 0 Å². The largest absolute Gasteiger partial charge is 0.497 e. The monoisotopic (exact) mass is 408 g/mol. The van der Waals surface area contributed by atoms with Crippen LogP contribution in [0.15, 0.2) is 36.5 Å². The molecule has 2 N–H and O–H groups in total. The fraction of sp³-hybridized carbons (Fsp3) is 0.435. The highest BCUT2D eigenvalue weighted by Gasteiger charge is 2.27. The Morgan fingerprint density at radius 2 is 1.93 bits per heavy atom. The Balaban J connectivity index is 1.53. The third-order valence-corrected chi connectivity index (χ3v) is 5.82. The minimum absolute atomic E-state index is 0.0542. The standard InChI is InChI=1S/C23H28N4O3/c1-30-19-10-8-16(9-11-19)15-27-20-12-17(13-24-22(20)25-14-21(27)28)23(29)26-18-6-4-2-3-5-7-18/h8-13,18H,2-7,14-15H2,1H3,(H,24,25)(H,26,29). The van der Waals surface area contributed by atoms with Crippen molar-refractivity contribution in [3.8, 4) is 5.75 Å². The molecule has 2 aliphatic rings. The number of methoxy groups -OCH3 is 1. The molecule has 4 rings (SSSR count). The molecule has 2 heterocycles. The van der Waals surface area contributed by atoms with Crippen LogP contribution < -0.4 is 20.3 Å². The van der Waals surface area contributed by atoms with E-state index in [1.54, 1.807) is 24.3 Å². The molecular weight excluding hydrogens is 380 g/mol. The van der Waals surface area contributed by atoms with Crippen LogP contribution in [0.2, 0.25) is 0 Å². The molecule has 0 saturated heterocycles. The van der Waals surface area contributed by atoms with Gasteiger partial charge in [-0.3, -0.25) is 9.59 Å². The van der Waals surface area contributed by atoms with Gasteiger partial charge in [-0.2, -0.15) is 0 Å². The number of amides is 2. The van der Waals surface area contributed by atoms with E-state index in [4.69, 9.17) is 4.74 Å². The summed E-state index contributed by atoms with van der Waals surface area (Å²) < 4.78 is 5.20. The zero-order valence-electron chi connectivity index (χ0n) is 17.3. The number of hydrogen-bond donors (Lipinski definition) is 2. The fourth-order valence-corrected chi connectivity index (χ4v) is 4.09. The summed E-state index contributed by atoms with van der Waals surface area (Å²) in [5.74, 6) is 1.21. The van der Waals surface area contributed by atoms with Gasteiger partial charge in [-0.05, 0) is 36.6 Å². The number of carbonyl (C=O) groups excluding carboxylic acids is 2. The second kappa shape index (κ2) is 9.15. The average molecular weight is 409 g/mol. The molecule has 1 saturated carbocycles. The lowest BCUT2D eigenvalue weighted by Gasteiger charge is -2.30. The van der Waals surface area contributed by atoms with Crippen molar-refractivity contribution in [3.63, 3.8) is 0 Å². The van der Waals surface area contributed by atoms with Gasteiger partial charge in [0.1, 0.15) is 5.75 Å². The fourth-order valence-electron chi connectivity index (χ4n) is 4.09. The van der Waals surface area contributed by atoms with E-state index in [1.807, 2.05) is 24.3 Å². The van der Waals surface area contributed by atoms with Gasteiger partial charge >= 0.3 is 0 Å². The van der Waals surface area contributed by atoms with Crippen molar-refractivity contribution >= 4 is 23.3 Å². The van der Waals surface area contributed by atoms with E-state index in [2.05, 4.69) is 15.6 Å². The van der Waals surface area contributed by atoms with Crippen molar-refractivity contribution in [2.45, 2.75) is 51.1 Å². The first-order chi connectivity index (χ1) is 14.6. The van der Waals surface area contributed by atoms with Crippen molar-refractivity contribution in [2.24, 2.45) is 0 Å². The molecule has 158 valence electrons. The third-order valence-electron chi connectivity index (χ3n) is 5.82. The first kappa shape index (κ1) is 20.2. The Labute approximate surface area is 176 Å². The molecule has 30 heavy (non-hydrogen) atoms. The zero-order valence-corrected chi connectivity index (χ0v) is 17.3. The number of nitrogens with zero attached hydrogens (tertiary/aromatic N) is 2. The number of carbonyl (C=O) groups is 2. The molecule has 1 aromatic heterocycles. The molecule has 0 radical (unpaired) electrons. The number of anilines is 2. The van der Waals surface area contributed by atoms with Crippen LogP contribution in [0.4, 0.5) is 11.5 Å². The van der Waals surface area contributed by atoms with Gasteiger partial charge in [0.05, 0.1) is 31.5 Å². The van der Waals surface area contributed by atoms with Gasteiger partial charge < -0.3 is 20.3 Å². The van der Waals surface area contributed by atoms with Gasteiger partial charge in [-0.1, -0.05) is 37.8 Å². The summed E-state index contributed by atoms with van der Waals surface area (Å²) >= 11 is 0. The highest BCUT2D eigenvalue weighted by atomic mass is 16.5. The van der Waals surface area contributed by atoms with Crippen LogP contribution in [-0.2, 0) is 11.3 Å². The smallest absolute Gasteiger partial charge is 0.253 e. The normalized spacial score (nSPS) is 17.0. The molecule has 1 fully saturated rings. The average Bonchev–Trinajstić information content (AvgIpc) is 3.04. The quantitative estimate of drug-likeness (QED) is 0.740. The van der Waals surface area contributed by atoms with Crippen LogP contribution in [-0.4, -0.2) is 36.5 Å². The van der Waals surface area contributed by atoms with Crippen LogP contribution in [0.3, 0.4) is 0 Å². The van der Waals surface area contributed by atoms with E-state index >= 15 is 0 Å². The molecule has 7 heteroatoms. The Kier molecular flexibility index (Phi) is 6.16. The van der Waals surface area contributed by atoms with E-state index in [0.29, 0.717) is 23.6 Å². The van der Waals surface area contributed by atoms with Crippen LogP contribution in [0, 0.1) is 0 Å². The van der Waals surface area contributed by atoms with Crippen molar-refractivity contribution < 1.29 is 14.3 Å². The second-order valence-corrected chi connectivity index (χ2v) is 7.94. The minimum atomic E-state index is -0.125. The highest BCUT2D eigenvalue weighted by molar-refractivity contribution is 6.04. The highest BCUT2D eigenvalue weighted by Crippen LogP contribution is 2.30. The predicted octanol–water partition coefficient (Wildman–Crippen LogP) is 3.50. The number of aromatic nitrogens is 1. The minimum Gasteiger partial charge on any atom is -0.497 e. The Morgan fingerprint density at radius 3 is 2.63 bits per heavy atom. The molecule has 0 unspecified atom stereocenters. The molecule has 0 spiro atoms. The first-order valence-corrected chi connectivity index (χ1v) is 10.6. The summed E-state index contributed by atoms with van der Waals surface area (Å²) in [7, 11) is 1.62. The van der Waals surface area contributed by atoms with Crippen LogP contribution in [0.1, 0.15) is 54.4 Å². The lowest BCUT2D eigenvalue weighted by atomic mass is 10.1. The number of benzene rings is 1. The van der Waals surface area contributed by atoms with Crippen molar-refractivity contribution in [2.75, 3.05) is 23.9 Å². The Bertz CT molecular complexity index is 905. The van der Waals surface area contributed by atoms with E-state index in [0.717, 1.165) is 37.0 Å². The maximum Gasteiger partial charge on any atom is 0.253 e. The van der Waals surface area contributed by atoms with Gasteiger partial charge in [-0.15, -0.1) is 0 Å².